The lowest BCUT2D eigenvalue weighted by Crippen LogP contribution is -2.29. The molecule has 0 unspecified atom stereocenters. The number of nitrogen functional groups attached to an aromatic ring is 1. The van der Waals surface area contributed by atoms with Crippen LogP contribution in [0.25, 0.3) is 22.5 Å². The van der Waals surface area contributed by atoms with Crippen LogP contribution >= 0.6 is 0 Å². The van der Waals surface area contributed by atoms with Gasteiger partial charge in [-0.15, -0.1) is 0 Å². The molecule has 1 aromatic carbocycles. The van der Waals surface area contributed by atoms with E-state index in [1.807, 2.05) is 47.3 Å². The molecule has 0 saturated heterocycles. The van der Waals surface area contributed by atoms with Crippen LogP contribution in [0.5, 0.6) is 5.75 Å². The second-order valence-electron chi connectivity index (χ2n) is 9.32. The van der Waals surface area contributed by atoms with E-state index in [0.717, 1.165) is 30.0 Å². The van der Waals surface area contributed by atoms with Gasteiger partial charge in [0, 0.05) is 44.2 Å². The van der Waals surface area contributed by atoms with Gasteiger partial charge in [-0.1, -0.05) is 6.58 Å². The van der Waals surface area contributed by atoms with Crippen molar-refractivity contribution in [3.63, 3.8) is 0 Å². The maximum absolute atomic E-state index is 15.0. The van der Waals surface area contributed by atoms with E-state index in [0.29, 0.717) is 40.0 Å². The van der Waals surface area contributed by atoms with Gasteiger partial charge in [-0.2, -0.15) is 0 Å². The molecule has 0 aliphatic carbocycles. The number of likely N-dealkylation sites (N-methyl/N-ethyl adjacent to an activating group) is 2. The lowest BCUT2D eigenvalue weighted by atomic mass is 10.2. The van der Waals surface area contributed by atoms with E-state index in [9.17, 15) is 4.39 Å². The van der Waals surface area contributed by atoms with Crippen molar-refractivity contribution in [2.75, 3.05) is 57.3 Å². The Morgan fingerprint density at radius 1 is 1.19 bits per heavy atom. The first-order chi connectivity index (χ1) is 17.6. The zero-order valence-corrected chi connectivity index (χ0v) is 22.1. The summed E-state index contributed by atoms with van der Waals surface area (Å²) in [6, 6.07) is 6.84. The fourth-order valence-electron chi connectivity index (χ4n) is 4.23. The summed E-state index contributed by atoms with van der Waals surface area (Å²) in [5, 5.41) is 3.20. The number of rotatable bonds is 9. The monoisotopic (exact) mass is 504 g/mol. The third kappa shape index (κ3) is 5.34. The van der Waals surface area contributed by atoms with E-state index in [-0.39, 0.29) is 5.65 Å². The molecule has 0 radical (unpaired) electrons. The van der Waals surface area contributed by atoms with Crippen molar-refractivity contribution in [2.24, 2.45) is 0 Å². The summed E-state index contributed by atoms with van der Waals surface area (Å²) >= 11 is 0. The van der Waals surface area contributed by atoms with Crippen LogP contribution < -0.4 is 20.7 Å². The Balaban J connectivity index is 1.67. The van der Waals surface area contributed by atoms with E-state index in [4.69, 9.17) is 10.5 Å². The smallest absolute Gasteiger partial charge is 0.227 e. The van der Waals surface area contributed by atoms with Crippen LogP contribution in [0, 0.1) is 12.7 Å². The number of imidazole rings is 1. The average Bonchev–Trinajstić information content (AvgIpc) is 3.19. The van der Waals surface area contributed by atoms with Crippen molar-refractivity contribution < 1.29 is 9.13 Å². The quantitative estimate of drug-likeness (QED) is 0.319. The van der Waals surface area contributed by atoms with Gasteiger partial charge in [0.2, 0.25) is 5.95 Å². The molecule has 9 nitrogen and oxygen atoms in total. The van der Waals surface area contributed by atoms with Gasteiger partial charge >= 0.3 is 0 Å². The van der Waals surface area contributed by atoms with Crippen LogP contribution in [0.4, 0.5) is 27.4 Å². The van der Waals surface area contributed by atoms with Gasteiger partial charge in [0.25, 0.3) is 0 Å². The third-order valence-electron chi connectivity index (χ3n) is 6.09. The molecular formula is C27H33FN8O. The van der Waals surface area contributed by atoms with Crippen molar-refractivity contribution >= 4 is 34.2 Å². The van der Waals surface area contributed by atoms with Gasteiger partial charge in [0.05, 0.1) is 41.3 Å². The Morgan fingerprint density at radius 3 is 2.62 bits per heavy atom. The molecule has 0 bridgehead atoms. The lowest BCUT2D eigenvalue weighted by Gasteiger charge is -2.24. The number of nitrogens with two attached hydrogens (primary N) is 1. The molecule has 0 saturated carbocycles. The molecule has 10 heteroatoms. The molecule has 0 amide bonds. The Kier molecular flexibility index (Phi) is 7.30. The van der Waals surface area contributed by atoms with Crippen LogP contribution in [0.2, 0.25) is 0 Å². The van der Waals surface area contributed by atoms with Gasteiger partial charge < -0.3 is 25.6 Å². The van der Waals surface area contributed by atoms with Crippen molar-refractivity contribution in [1.82, 2.24) is 24.3 Å². The van der Waals surface area contributed by atoms with Gasteiger partial charge in [0.1, 0.15) is 5.75 Å². The number of benzene rings is 1. The molecule has 0 atom stereocenters. The number of halogens is 1. The molecule has 0 aliphatic heterocycles. The summed E-state index contributed by atoms with van der Waals surface area (Å²) in [6.45, 7) is 9.42. The molecule has 0 fully saturated rings. The van der Waals surface area contributed by atoms with Crippen molar-refractivity contribution in [2.45, 2.75) is 13.8 Å². The SMILES string of the molecule is C=C(C)c1c(C)nc2c(F)cc(-c3ccnc(Nc4cc(N)c(N(C)CCN(C)C)cc4OC)n3)cn12. The van der Waals surface area contributed by atoms with Crippen molar-refractivity contribution in [1.29, 1.82) is 0 Å². The second kappa shape index (κ2) is 10.4. The predicted octanol–water partition coefficient (Wildman–Crippen LogP) is 4.60. The molecule has 0 aliphatic rings. The summed E-state index contributed by atoms with van der Waals surface area (Å²) in [5.41, 5.74) is 12.1. The molecule has 3 heterocycles. The van der Waals surface area contributed by atoms with Crippen LogP contribution in [0.1, 0.15) is 18.3 Å². The van der Waals surface area contributed by atoms with E-state index in [1.165, 1.54) is 6.07 Å². The Bertz CT molecular complexity index is 1460. The fourth-order valence-corrected chi connectivity index (χ4v) is 4.23. The summed E-state index contributed by atoms with van der Waals surface area (Å²) in [5.74, 6) is 0.485. The second-order valence-corrected chi connectivity index (χ2v) is 9.32. The molecule has 3 aromatic heterocycles. The molecule has 37 heavy (non-hydrogen) atoms. The normalized spacial score (nSPS) is 11.2. The van der Waals surface area contributed by atoms with E-state index in [2.05, 4.69) is 36.6 Å². The van der Waals surface area contributed by atoms with Crippen LogP contribution in [0.3, 0.4) is 0 Å². The standard InChI is InChI=1S/C27H33FN8O/c1-16(2)25-17(3)31-26-19(28)12-18(15-36(25)26)21-8-9-30-27(32-21)33-22-13-20(29)23(14-24(22)37-7)35(6)11-10-34(4)5/h8-9,12-15H,1,10-11,29H2,2-7H3,(H,30,32,33). The van der Waals surface area contributed by atoms with E-state index in [1.54, 1.807) is 29.8 Å². The number of anilines is 4. The van der Waals surface area contributed by atoms with Gasteiger partial charge in [-0.05, 0) is 51.7 Å². The largest absolute Gasteiger partial charge is 0.494 e. The maximum atomic E-state index is 15.0. The van der Waals surface area contributed by atoms with Gasteiger partial charge in [-0.3, -0.25) is 4.40 Å². The minimum absolute atomic E-state index is 0.252. The average molecular weight is 505 g/mol. The highest BCUT2D eigenvalue weighted by molar-refractivity contribution is 5.79. The first kappa shape index (κ1) is 25.9. The van der Waals surface area contributed by atoms with E-state index < -0.39 is 5.82 Å². The number of aryl methyl sites for hydroxylation is 1. The Morgan fingerprint density at radius 2 is 1.95 bits per heavy atom. The molecule has 4 rings (SSSR count). The zero-order chi connectivity index (χ0) is 26.9. The zero-order valence-electron chi connectivity index (χ0n) is 22.1. The van der Waals surface area contributed by atoms with Crippen LogP contribution in [0.15, 0.2) is 43.2 Å². The summed E-state index contributed by atoms with van der Waals surface area (Å²) in [7, 11) is 7.65. The van der Waals surface area contributed by atoms with Crippen molar-refractivity contribution in [3.8, 4) is 17.0 Å². The number of allylic oxidation sites excluding steroid dienone is 1. The van der Waals surface area contributed by atoms with Gasteiger partial charge in [0.15, 0.2) is 11.5 Å². The molecule has 194 valence electrons. The minimum atomic E-state index is -0.440. The van der Waals surface area contributed by atoms with Crippen LogP contribution in [-0.2, 0) is 0 Å². The number of nitrogens with one attached hydrogen (secondary N) is 1. The maximum Gasteiger partial charge on any atom is 0.227 e. The summed E-state index contributed by atoms with van der Waals surface area (Å²) in [6.07, 6.45) is 3.43. The number of fused-ring (bicyclic) bond motifs is 1. The number of pyridine rings is 1. The number of hydrogen-bond donors (Lipinski definition) is 2. The molecular weight excluding hydrogens is 471 g/mol. The lowest BCUT2D eigenvalue weighted by molar-refractivity contribution is 0.413. The Hall–Kier alpha value is -4.18. The third-order valence-corrected chi connectivity index (χ3v) is 6.09. The Labute approximate surface area is 216 Å². The van der Waals surface area contributed by atoms with Gasteiger partial charge in [-0.25, -0.2) is 19.3 Å². The number of ether oxygens (including phenoxy) is 1. The number of aromatic nitrogens is 4. The van der Waals surface area contributed by atoms with Crippen LogP contribution in [-0.4, -0.2) is 65.6 Å². The minimum Gasteiger partial charge on any atom is -0.494 e. The highest BCUT2D eigenvalue weighted by Crippen LogP contribution is 2.36. The molecule has 0 spiro atoms. The summed E-state index contributed by atoms with van der Waals surface area (Å²) < 4.78 is 22.3. The number of methoxy groups -OCH3 is 1. The molecule has 4 aromatic rings. The highest BCUT2D eigenvalue weighted by atomic mass is 19.1. The first-order valence-electron chi connectivity index (χ1n) is 11.9. The fraction of sp³-hybridized carbons (Fsp3) is 0.296. The molecule has 3 N–H and O–H groups in total. The first-order valence-corrected chi connectivity index (χ1v) is 11.9. The summed E-state index contributed by atoms with van der Waals surface area (Å²) in [4.78, 5) is 17.5. The predicted molar refractivity (Wildman–Crippen MR) is 148 cm³/mol. The van der Waals surface area contributed by atoms with E-state index >= 15 is 0 Å². The van der Waals surface area contributed by atoms with Crippen molar-refractivity contribution in [3.05, 3.63) is 60.4 Å². The highest BCUT2D eigenvalue weighted by Gasteiger charge is 2.17. The number of hydrogen-bond acceptors (Lipinski definition) is 8. The number of nitrogens with zero attached hydrogens (tertiary/aromatic N) is 6. The topological polar surface area (TPSA) is 96.8 Å².